The molecule has 0 saturated carbocycles. The van der Waals surface area contributed by atoms with Gasteiger partial charge in [-0.2, -0.15) is 0 Å². The van der Waals surface area contributed by atoms with E-state index in [2.05, 4.69) is 5.32 Å². The number of carbonyl (C=O) groups excluding carboxylic acids is 2. The molecule has 0 aromatic heterocycles. The molecule has 0 radical (unpaired) electrons. The van der Waals surface area contributed by atoms with Gasteiger partial charge in [0.2, 0.25) is 5.91 Å². The Bertz CT molecular complexity index is 250. The Labute approximate surface area is 84.0 Å². The molecule has 1 aliphatic rings. The van der Waals surface area contributed by atoms with Crippen LogP contribution in [-0.2, 0) is 14.3 Å². The number of methoxy groups -OCH3 is 1. The standard InChI is InChI=1S/C10H17NO3/c1-7(2)10(9(13)14-3)6-4-5-8(12)11-10/h7H,4-6H2,1-3H3,(H,11,12). The third-order valence-electron chi connectivity index (χ3n) is 2.87. The summed E-state index contributed by atoms with van der Waals surface area (Å²) in [5.74, 6) is -0.338. The molecule has 0 aromatic carbocycles. The van der Waals surface area contributed by atoms with Gasteiger partial charge in [-0.3, -0.25) is 4.79 Å². The Balaban J connectivity index is 2.91. The highest BCUT2D eigenvalue weighted by atomic mass is 16.5. The second-order valence-electron chi connectivity index (χ2n) is 4.02. The fourth-order valence-electron chi connectivity index (χ4n) is 1.91. The molecular weight excluding hydrogens is 182 g/mol. The van der Waals surface area contributed by atoms with Crippen LogP contribution >= 0.6 is 0 Å². The molecule has 1 amide bonds. The summed E-state index contributed by atoms with van der Waals surface area (Å²) < 4.78 is 4.75. The maximum atomic E-state index is 11.6. The predicted octanol–water partition coefficient (Wildman–Crippen LogP) is 0.854. The van der Waals surface area contributed by atoms with Crippen molar-refractivity contribution in [3.8, 4) is 0 Å². The minimum Gasteiger partial charge on any atom is -0.467 e. The second-order valence-corrected chi connectivity index (χ2v) is 4.02. The second kappa shape index (κ2) is 3.98. The Morgan fingerprint density at radius 2 is 2.21 bits per heavy atom. The molecule has 1 atom stereocenters. The van der Waals surface area contributed by atoms with Crippen molar-refractivity contribution >= 4 is 11.9 Å². The van der Waals surface area contributed by atoms with Gasteiger partial charge in [0.05, 0.1) is 7.11 Å². The number of esters is 1. The van der Waals surface area contributed by atoms with E-state index in [9.17, 15) is 9.59 Å². The fraction of sp³-hybridized carbons (Fsp3) is 0.800. The summed E-state index contributed by atoms with van der Waals surface area (Å²) in [5.41, 5.74) is -0.802. The van der Waals surface area contributed by atoms with Crippen molar-refractivity contribution in [2.45, 2.75) is 38.6 Å². The van der Waals surface area contributed by atoms with Crippen LogP contribution in [0.4, 0.5) is 0 Å². The molecule has 0 aromatic rings. The van der Waals surface area contributed by atoms with Crippen molar-refractivity contribution < 1.29 is 14.3 Å². The number of rotatable bonds is 2. The molecule has 0 spiro atoms. The van der Waals surface area contributed by atoms with Gasteiger partial charge in [-0.25, -0.2) is 4.79 Å². The van der Waals surface area contributed by atoms with E-state index in [0.29, 0.717) is 12.8 Å². The first-order chi connectivity index (χ1) is 6.53. The third kappa shape index (κ3) is 1.74. The summed E-state index contributed by atoms with van der Waals surface area (Å²) in [6.07, 6.45) is 1.92. The highest BCUT2D eigenvalue weighted by Gasteiger charge is 2.45. The third-order valence-corrected chi connectivity index (χ3v) is 2.87. The lowest BCUT2D eigenvalue weighted by molar-refractivity contribution is -0.155. The molecule has 1 heterocycles. The van der Waals surface area contributed by atoms with Crippen molar-refractivity contribution in [3.05, 3.63) is 0 Å². The zero-order valence-corrected chi connectivity index (χ0v) is 8.92. The van der Waals surface area contributed by atoms with Crippen LogP contribution < -0.4 is 5.32 Å². The van der Waals surface area contributed by atoms with Gasteiger partial charge in [-0.05, 0) is 18.8 Å². The zero-order chi connectivity index (χ0) is 10.8. The Morgan fingerprint density at radius 3 is 2.64 bits per heavy atom. The Kier molecular flexibility index (Phi) is 3.13. The van der Waals surface area contributed by atoms with Crippen LogP contribution in [0, 0.1) is 5.92 Å². The predicted molar refractivity (Wildman–Crippen MR) is 51.6 cm³/mol. The summed E-state index contributed by atoms with van der Waals surface area (Å²) in [5, 5.41) is 2.77. The van der Waals surface area contributed by atoms with E-state index in [4.69, 9.17) is 4.74 Å². The molecule has 1 aliphatic heterocycles. The van der Waals surface area contributed by atoms with Crippen LogP contribution in [0.15, 0.2) is 0 Å². The van der Waals surface area contributed by atoms with Crippen molar-refractivity contribution in [3.63, 3.8) is 0 Å². The number of amides is 1. The van der Waals surface area contributed by atoms with Gasteiger partial charge >= 0.3 is 5.97 Å². The van der Waals surface area contributed by atoms with Crippen LogP contribution in [0.1, 0.15) is 33.1 Å². The SMILES string of the molecule is COC(=O)C1(C(C)C)CCCC(=O)N1. The highest BCUT2D eigenvalue weighted by molar-refractivity contribution is 5.89. The average molecular weight is 199 g/mol. The zero-order valence-electron chi connectivity index (χ0n) is 8.92. The van der Waals surface area contributed by atoms with Crippen molar-refractivity contribution in [1.82, 2.24) is 5.32 Å². The average Bonchev–Trinajstić information content (AvgIpc) is 2.16. The normalized spacial score (nSPS) is 27.3. The van der Waals surface area contributed by atoms with E-state index in [1.807, 2.05) is 13.8 Å². The number of nitrogens with one attached hydrogen (secondary N) is 1. The molecule has 4 heteroatoms. The number of carbonyl (C=O) groups is 2. The van der Waals surface area contributed by atoms with E-state index < -0.39 is 5.54 Å². The lowest BCUT2D eigenvalue weighted by Crippen LogP contribution is -2.60. The maximum absolute atomic E-state index is 11.6. The number of ether oxygens (including phenoxy) is 1. The lowest BCUT2D eigenvalue weighted by Gasteiger charge is -2.38. The van der Waals surface area contributed by atoms with Crippen LogP contribution in [0.5, 0.6) is 0 Å². The van der Waals surface area contributed by atoms with Gasteiger partial charge < -0.3 is 10.1 Å². The van der Waals surface area contributed by atoms with Gasteiger partial charge in [-0.15, -0.1) is 0 Å². The van der Waals surface area contributed by atoms with Gasteiger partial charge in [0.15, 0.2) is 0 Å². The van der Waals surface area contributed by atoms with Crippen LogP contribution in [0.2, 0.25) is 0 Å². The van der Waals surface area contributed by atoms with E-state index in [0.717, 1.165) is 6.42 Å². The summed E-state index contributed by atoms with van der Waals surface area (Å²) in [7, 11) is 1.35. The lowest BCUT2D eigenvalue weighted by atomic mass is 9.79. The smallest absolute Gasteiger partial charge is 0.331 e. The van der Waals surface area contributed by atoms with Crippen LogP contribution in [-0.4, -0.2) is 24.5 Å². The van der Waals surface area contributed by atoms with E-state index >= 15 is 0 Å². The van der Waals surface area contributed by atoms with E-state index in [1.165, 1.54) is 7.11 Å². The van der Waals surface area contributed by atoms with Gasteiger partial charge in [0, 0.05) is 6.42 Å². The van der Waals surface area contributed by atoms with Crippen LogP contribution in [0.3, 0.4) is 0 Å². The molecule has 4 nitrogen and oxygen atoms in total. The summed E-state index contributed by atoms with van der Waals surface area (Å²) >= 11 is 0. The van der Waals surface area contributed by atoms with E-state index in [-0.39, 0.29) is 17.8 Å². The van der Waals surface area contributed by atoms with Crippen molar-refractivity contribution in [2.75, 3.05) is 7.11 Å². The van der Waals surface area contributed by atoms with Gasteiger partial charge in [0.1, 0.15) is 5.54 Å². The highest BCUT2D eigenvalue weighted by Crippen LogP contribution is 2.28. The Hall–Kier alpha value is -1.06. The fourth-order valence-corrected chi connectivity index (χ4v) is 1.91. The minimum absolute atomic E-state index is 0.0548. The molecular formula is C10H17NO3. The molecule has 1 rings (SSSR count). The van der Waals surface area contributed by atoms with E-state index in [1.54, 1.807) is 0 Å². The van der Waals surface area contributed by atoms with Gasteiger partial charge in [-0.1, -0.05) is 13.8 Å². The Morgan fingerprint density at radius 1 is 1.57 bits per heavy atom. The first-order valence-corrected chi connectivity index (χ1v) is 4.92. The molecule has 1 unspecified atom stereocenters. The van der Waals surface area contributed by atoms with Crippen molar-refractivity contribution in [1.29, 1.82) is 0 Å². The minimum atomic E-state index is -0.802. The monoisotopic (exact) mass is 199 g/mol. The topological polar surface area (TPSA) is 55.4 Å². The maximum Gasteiger partial charge on any atom is 0.331 e. The summed E-state index contributed by atoms with van der Waals surface area (Å²) in [6, 6.07) is 0. The number of hydrogen-bond acceptors (Lipinski definition) is 3. The molecule has 14 heavy (non-hydrogen) atoms. The molecule has 1 saturated heterocycles. The van der Waals surface area contributed by atoms with Crippen LogP contribution in [0.25, 0.3) is 0 Å². The number of piperidine rings is 1. The summed E-state index contributed by atoms with van der Waals surface area (Å²) in [6.45, 7) is 3.84. The first-order valence-electron chi connectivity index (χ1n) is 4.92. The first kappa shape index (κ1) is 11.0. The quantitative estimate of drug-likeness (QED) is 0.671. The molecule has 0 bridgehead atoms. The molecule has 0 aliphatic carbocycles. The molecule has 1 fully saturated rings. The largest absolute Gasteiger partial charge is 0.467 e. The molecule has 80 valence electrons. The molecule has 1 N–H and O–H groups in total. The number of hydrogen-bond donors (Lipinski definition) is 1. The summed E-state index contributed by atoms with van der Waals surface area (Å²) in [4.78, 5) is 22.9. The van der Waals surface area contributed by atoms with Gasteiger partial charge in [0.25, 0.3) is 0 Å². The van der Waals surface area contributed by atoms with Crippen molar-refractivity contribution in [2.24, 2.45) is 5.92 Å².